The third kappa shape index (κ3) is 3.78. The van der Waals surface area contributed by atoms with Gasteiger partial charge in [-0.1, -0.05) is 18.2 Å². The number of carbonyl (C=O) groups is 2. The number of likely N-dealkylation sites (tertiary alicyclic amines) is 1. The fourth-order valence-electron chi connectivity index (χ4n) is 2.58. The van der Waals surface area contributed by atoms with Gasteiger partial charge in [-0.15, -0.1) is 0 Å². The molecule has 1 aromatic carbocycles. The monoisotopic (exact) mass is 314 g/mol. The second-order valence-corrected chi connectivity index (χ2v) is 5.23. The molecule has 0 aliphatic carbocycles. The van der Waals surface area contributed by atoms with Crippen molar-refractivity contribution in [3.63, 3.8) is 0 Å². The van der Waals surface area contributed by atoms with Crippen molar-refractivity contribution in [2.75, 3.05) is 13.1 Å². The van der Waals surface area contributed by atoms with Crippen molar-refractivity contribution in [3.8, 4) is 0 Å². The molecule has 2 amide bonds. The fraction of sp³-hybridized carbons (Fsp3) is 0.467. The van der Waals surface area contributed by atoms with E-state index in [1.807, 2.05) is 6.92 Å². The zero-order valence-corrected chi connectivity index (χ0v) is 12.1. The van der Waals surface area contributed by atoms with Crippen molar-refractivity contribution in [1.29, 1.82) is 0 Å². The number of benzene rings is 1. The zero-order valence-electron chi connectivity index (χ0n) is 12.1. The molecule has 0 saturated carbocycles. The topological polar surface area (TPSA) is 49.4 Å². The highest BCUT2D eigenvalue weighted by atomic mass is 19.4. The molecule has 2 rings (SSSR count). The number of likely N-dealkylation sites (N-methyl/N-ethyl adjacent to an activating group) is 1. The smallest absolute Gasteiger partial charge is 0.351 e. The Morgan fingerprint density at radius 2 is 2.05 bits per heavy atom. The van der Waals surface area contributed by atoms with Gasteiger partial charge in [0.05, 0.1) is 18.0 Å². The van der Waals surface area contributed by atoms with Crippen LogP contribution < -0.4 is 5.32 Å². The minimum absolute atomic E-state index is 0.0523. The molecule has 1 aromatic rings. The predicted molar refractivity (Wildman–Crippen MR) is 73.9 cm³/mol. The summed E-state index contributed by atoms with van der Waals surface area (Å²) in [7, 11) is 0. The van der Waals surface area contributed by atoms with Crippen molar-refractivity contribution >= 4 is 11.8 Å². The van der Waals surface area contributed by atoms with Gasteiger partial charge in [-0.25, -0.2) is 0 Å². The molecular weight excluding hydrogens is 297 g/mol. The molecule has 1 saturated heterocycles. The van der Waals surface area contributed by atoms with E-state index in [0.717, 1.165) is 6.07 Å². The highest BCUT2D eigenvalue weighted by Crippen LogP contribution is 2.32. The van der Waals surface area contributed by atoms with E-state index in [4.69, 9.17) is 0 Å². The molecular formula is C15H17F3N2O2. The fourth-order valence-corrected chi connectivity index (χ4v) is 2.58. The lowest BCUT2D eigenvalue weighted by atomic mass is 10.0. The third-order valence-electron chi connectivity index (χ3n) is 3.64. The number of hydrogen-bond acceptors (Lipinski definition) is 2. The first-order valence-electron chi connectivity index (χ1n) is 7.03. The molecule has 1 N–H and O–H groups in total. The van der Waals surface area contributed by atoms with Gasteiger partial charge in [0, 0.05) is 19.5 Å². The van der Waals surface area contributed by atoms with Crippen LogP contribution in [-0.4, -0.2) is 35.8 Å². The Labute approximate surface area is 126 Å². The van der Waals surface area contributed by atoms with Crippen LogP contribution in [0.25, 0.3) is 0 Å². The summed E-state index contributed by atoms with van der Waals surface area (Å²) in [5.74, 6) is -0.559. The molecule has 4 nitrogen and oxygen atoms in total. The van der Waals surface area contributed by atoms with Gasteiger partial charge < -0.3 is 10.2 Å². The summed E-state index contributed by atoms with van der Waals surface area (Å²) >= 11 is 0. The second-order valence-electron chi connectivity index (χ2n) is 5.23. The van der Waals surface area contributed by atoms with Gasteiger partial charge in [0.1, 0.15) is 0 Å². The first-order valence-corrected chi connectivity index (χ1v) is 7.03. The van der Waals surface area contributed by atoms with Gasteiger partial charge in [0.25, 0.3) is 0 Å². The summed E-state index contributed by atoms with van der Waals surface area (Å²) in [4.78, 5) is 25.1. The van der Waals surface area contributed by atoms with E-state index in [1.54, 1.807) is 4.90 Å². The van der Waals surface area contributed by atoms with E-state index >= 15 is 0 Å². The number of amides is 2. The van der Waals surface area contributed by atoms with Gasteiger partial charge in [0.15, 0.2) is 0 Å². The summed E-state index contributed by atoms with van der Waals surface area (Å²) in [5, 5.41) is 2.63. The Hall–Kier alpha value is -2.05. The first-order chi connectivity index (χ1) is 10.3. The van der Waals surface area contributed by atoms with Crippen LogP contribution in [0.3, 0.4) is 0 Å². The lowest BCUT2D eigenvalue weighted by Gasteiger charge is -2.16. The van der Waals surface area contributed by atoms with E-state index in [-0.39, 0.29) is 30.4 Å². The molecule has 1 aliphatic heterocycles. The highest BCUT2D eigenvalue weighted by molar-refractivity contribution is 5.83. The van der Waals surface area contributed by atoms with Gasteiger partial charge in [-0.05, 0) is 18.6 Å². The Balaban J connectivity index is 2.00. The van der Waals surface area contributed by atoms with Gasteiger partial charge in [-0.3, -0.25) is 9.59 Å². The minimum atomic E-state index is -4.49. The number of nitrogens with one attached hydrogen (secondary N) is 1. The number of hydrogen-bond donors (Lipinski definition) is 1. The maximum Gasteiger partial charge on any atom is 0.416 e. The normalized spacial score (nSPS) is 18.6. The number of halogens is 3. The average molecular weight is 314 g/mol. The molecule has 1 atom stereocenters. The minimum Gasteiger partial charge on any atom is -0.351 e. The lowest BCUT2D eigenvalue weighted by Crippen LogP contribution is -2.38. The van der Waals surface area contributed by atoms with Crippen LogP contribution >= 0.6 is 0 Å². The van der Waals surface area contributed by atoms with Crippen molar-refractivity contribution < 1.29 is 22.8 Å². The first kappa shape index (κ1) is 16.3. The highest BCUT2D eigenvalue weighted by Gasteiger charge is 2.34. The molecule has 0 spiro atoms. The second kappa shape index (κ2) is 6.37. The number of rotatable bonds is 4. The summed E-state index contributed by atoms with van der Waals surface area (Å²) in [5.41, 5.74) is -0.869. The van der Waals surface area contributed by atoms with E-state index in [9.17, 15) is 22.8 Å². The van der Waals surface area contributed by atoms with E-state index in [0.29, 0.717) is 13.1 Å². The van der Waals surface area contributed by atoms with E-state index in [1.165, 1.54) is 18.2 Å². The standard InChI is InChI=1S/C15H17F3N2O2/c1-2-20-9-11(8-14(20)22)19-13(21)7-10-5-3-4-6-12(10)15(16,17)18/h3-6,11H,2,7-9H2,1H3,(H,19,21)/t11-/m0/s1. The Bertz CT molecular complexity index is 572. The summed E-state index contributed by atoms with van der Waals surface area (Å²) in [6.07, 6.45) is -4.65. The largest absolute Gasteiger partial charge is 0.416 e. The van der Waals surface area contributed by atoms with Crippen molar-refractivity contribution in [1.82, 2.24) is 10.2 Å². The number of nitrogens with zero attached hydrogens (tertiary/aromatic N) is 1. The van der Waals surface area contributed by atoms with Gasteiger partial charge >= 0.3 is 6.18 Å². The molecule has 22 heavy (non-hydrogen) atoms. The molecule has 1 fully saturated rings. The Morgan fingerprint density at radius 1 is 1.36 bits per heavy atom. The van der Waals surface area contributed by atoms with Crippen molar-refractivity contribution in [2.45, 2.75) is 32.0 Å². The molecule has 7 heteroatoms. The van der Waals surface area contributed by atoms with Crippen LogP contribution in [0.5, 0.6) is 0 Å². The van der Waals surface area contributed by atoms with Crippen LogP contribution in [0.15, 0.2) is 24.3 Å². The van der Waals surface area contributed by atoms with Gasteiger partial charge in [0.2, 0.25) is 11.8 Å². The molecule has 0 radical (unpaired) electrons. The quantitative estimate of drug-likeness (QED) is 0.924. The van der Waals surface area contributed by atoms with Crippen LogP contribution in [0.1, 0.15) is 24.5 Å². The molecule has 0 aromatic heterocycles. The average Bonchev–Trinajstić information content (AvgIpc) is 2.77. The third-order valence-corrected chi connectivity index (χ3v) is 3.64. The predicted octanol–water partition coefficient (Wildman–Crippen LogP) is 1.98. The molecule has 0 unspecified atom stereocenters. The zero-order chi connectivity index (χ0) is 16.3. The maximum atomic E-state index is 12.9. The molecule has 0 bridgehead atoms. The molecule has 1 aliphatic rings. The van der Waals surface area contributed by atoms with Crippen molar-refractivity contribution in [3.05, 3.63) is 35.4 Å². The van der Waals surface area contributed by atoms with Crippen LogP contribution in [0.2, 0.25) is 0 Å². The van der Waals surface area contributed by atoms with Crippen LogP contribution in [0.4, 0.5) is 13.2 Å². The van der Waals surface area contributed by atoms with E-state index in [2.05, 4.69) is 5.32 Å². The number of carbonyl (C=O) groups excluding carboxylic acids is 2. The van der Waals surface area contributed by atoms with E-state index < -0.39 is 17.6 Å². The summed E-state index contributed by atoms with van der Waals surface area (Å²) in [6, 6.07) is 4.67. The van der Waals surface area contributed by atoms with Crippen molar-refractivity contribution in [2.24, 2.45) is 0 Å². The Morgan fingerprint density at radius 3 is 2.64 bits per heavy atom. The summed E-state index contributed by atoms with van der Waals surface area (Å²) in [6.45, 7) is 2.80. The summed E-state index contributed by atoms with van der Waals surface area (Å²) < 4.78 is 38.6. The SMILES string of the molecule is CCN1C[C@@H](NC(=O)Cc2ccccc2C(F)(F)F)CC1=O. The van der Waals surface area contributed by atoms with Crippen LogP contribution in [-0.2, 0) is 22.2 Å². The molecule has 1 heterocycles. The van der Waals surface area contributed by atoms with Gasteiger partial charge in [-0.2, -0.15) is 13.2 Å². The van der Waals surface area contributed by atoms with Crippen LogP contribution in [0, 0.1) is 0 Å². The number of alkyl halides is 3. The Kier molecular flexibility index (Phi) is 4.73. The molecule has 120 valence electrons. The maximum absolute atomic E-state index is 12.9. The lowest BCUT2D eigenvalue weighted by molar-refractivity contribution is -0.138.